The number of hydrogen-bond acceptors (Lipinski definition) is 2. The summed E-state index contributed by atoms with van der Waals surface area (Å²) in [6, 6.07) is 8.15. The average molecular weight is 153 g/mol. The number of nitrogens with one attached hydrogen (secondary N) is 1. The average Bonchev–Trinajstić information content (AvgIpc) is 2.04. The molecule has 0 amide bonds. The van der Waals surface area contributed by atoms with Gasteiger partial charge in [-0.3, -0.25) is 0 Å². The normalized spacial score (nSPS) is 9.40. The molecule has 54 valence electrons. The predicted octanol–water partition coefficient (Wildman–Crippen LogP) is 2.16. The summed E-state index contributed by atoms with van der Waals surface area (Å²) in [7, 11) is 1.92. The Kier molecular flexibility index (Phi) is 2.63. The van der Waals surface area contributed by atoms with Crippen LogP contribution >= 0.6 is 12.6 Å². The van der Waals surface area contributed by atoms with E-state index in [1.165, 1.54) is 5.56 Å². The second-order valence-corrected chi connectivity index (χ2v) is 2.38. The van der Waals surface area contributed by atoms with Crippen LogP contribution in [0.15, 0.2) is 24.3 Å². The summed E-state index contributed by atoms with van der Waals surface area (Å²) in [5, 5.41) is 3.10. The van der Waals surface area contributed by atoms with Gasteiger partial charge < -0.3 is 5.32 Å². The zero-order chi connectivity index (χ0) is 7.40. The number of hydrogen-bond donors (Lipinski definition) is 2. The van der Waals surface area contributed by atoms with Gasteiger partial charge in [-0.25, -0.2) is 0 Å². The van der Waals surface area contributed by atoms with Gasteiger partial charge in [-0.05, 0) is 11.6 Å². The van der Waals surface area contributed by atoms with Gasteiger partial charge in [0.05, 0.1) is 0 Å². The minimum atomic E-state index is 0.789. The third kappa shape index (κ3) is 1.45. The number of rotatable bonds is 2. The number of anilines is 1. The van der Waals surface area contributed by atoms with Gasteiger partial charge in [0.15, 0.2) is 0 Å². The first kappa shape index (κ1) is 7.48. The Morgan fingerprint density at radius 2 is 2.10 bits per heavy atom. The van der Waals surface area contributed by atoms with Gasteiger partial charge in [-0.15, -0.1) is 0 Å². The van der Waals surface area contributed by atoms with Crippen molar-refractivity contribution in [3.8, 4) is 0 Å². The van der Waals surface area contributed by atoms with E-state index in [0.29, 0.717) is 0 Å². The summed E-state index contributed by atoms with van der Waals surface area (Å²) >= 11 is 4.19. The largest absolute Gasteiger partial charge is 0.388 e. The molecule has 0 aliphatic rings. The zero-order valence-electron chi connectivity index (χ0n) is 5.96. The van der Waals surface area contributed by atoms with Crippen LogP contribution in [0.5, 0.6) is 0 Å². The molecular formula is C8H11NS. The molecule has 0 saturated heterocycles. The van der Waals surface area contributed by atoms with Crippen molar-refractivity contribution in [3.05, 3.63) is 29.8 Å². The molecule has 0 fully saturated rings. The standard InChI is InChI=1S/C8H11NS/c1-9-8-5-3-2-4-7(8)6-10/h2-5,9-10H,6H2,1H3. The maximum absolute atomic E-state index is 4.19. The van der Waals surface area contributed by atoms with E-state index in [2.05, 4.69) is 24.0 Å². The minimum Gasteiger partial charge on any atom is -0.388 e. The Labute approximate surface area is 66.9 Å². The molecule has 0 saturated carbocycles. The highest BCUT2D eigenvalue weighted by molar-refractivity contribution is 7.79. The fraction of sp³-hybridized carbons (Fsp3) is 0.250. The lowest BCUT2D eigenvalue weighted by atomic mass is 10.2. The third-order valence-corrected chi connectivity index (χ3v) is 1.80. The molecule has 1 aromatic carbocycles. The van der Waals surface area contributed by atoms with Gasteiger partial charge >= 0.3 is 0 Å². The van der Waals surface area contributed by atoms with Crippen LogP contribution in [-0.4, -0.2) is 7.05 Å². The summed E-state index contributed by atoms with van der Waals surface area (Å²) in [6.07, 6.45) is 0. The first-order chi connectivity index (χ1) is 4.88. The summed E-state index contributed by atoms with van der Waals surface area (Å²) < 4.78 is 0. The maximum atomic E-state index is 4.19. The highest BCUT2D eigenvalue weighted by Gasteiger charge is 1.93. The molecule has 0 aliphatic carbocycles. The van der Waals surface area contributed by atoms with Gasteiger partial charge in [0.25, 0.3) is 0 Å². The molecule has 0 aliphatic heterocycles. The summed E-state index contributed by atoms with van der Waals surface area (Å²) in [5.41, 5.74) is 2.41. The molecule has 0 radical (unpaired) electrons. The molecule has 0 spiro atoms. The lowest BCUT2D eigenvalue weighted by molar-refractivity contribution is 1.38. The van der Waals surface area contributed by atoms with Crippen molar-refractivity contribution in [3.63, 3.8) is 0 Å². The van der Waals surface area contributed by atoms with Gasteiger partial charge in [0.2, 0.25) is 0 Å². The Balaban J connectivity index is 2.96. The van der Waals surface area contributed by atoms with E-state index < -0.39 is 0 Å². The first-order valence-corrected chi connectivity index (χ1v) is 3.88. The summed E-state index contributed by atoms with van der Waals surface area (Å²) in [5.74, 6) is 0.789. The molecule has 0 heterocycles. The molecule has 1 rings (SSSR count). The Morgan fingerprint density at radius 3 is 2.60 bits per heavy atom. The lowest BCUT2D eigenvalue weighted by Crippen LogP contribution is -1.91. The molecular weight excluding hydrogens is 142 g/mol. The second kappa shape index (κ2) is 3.52. The monoisotopic (exact) mass is 153 g/mol. The molecule has 1 N–H and O–H groups in total. The quantitative estimate of drug-likeness (QED) is 0.620. The summed E-state index contributed by atoms with van der Waals surface area (Å²) in [4.78, 5) is 0. The van der Waals surface area contributed by atoms with Crippen molar-refractivity contribution in [2.75, 3.05) is 12.4 Å². The maximum Gasteiger partial charge on any atom is 0.0378 e. The fourth-order valence-corrected chi connectivity index (χ4v) is 1.18. The van der Waals surface area contributed by atoms with Crippen molar-refractivity contribution in [2.24, 2.45) is 0 Å². The van der Waals surface area contributed by atoms with E-state index >= 15 is 0 Å². The Morgan fingerprint density at radius 1 is 1.40 bits per heavy atom. The second-order valence-electron chi connectivity index (χ2n) is 2.07. The van der Waals surface area contributed by atoms with Gasteiger partial charge in [-0.1, -0.05) is 18.2 Å². The van der Waals surface area contributed by atoms with Crippen molar-refractivity contribution in [2.45, 2.75) is 5.75 Å². The topological polar surface area (TPSA) is 12.0 Å². The predicted molar refractivity (Wildman–Crippen MR) is 48.7 cm³/mol. The van der Waals surface area contributed by atoms with Gasteiger partial charge in [0.1, 0.15) is 0 Å². The SMILES string of the molecule is CNc1ccccc1CS. The summed E-state index contributed by atoms with van der Waals surface area (Å²) in [6.45, 7) is 0. The minimum absolute atomic E-state index is 0.789. The van der Waals surface area contributed by atoms with Gasteiger partial charge in [0, 0.05) is 18.5 Å². The van der Waals surface area contributed by atoms with E-state index in [-0.39, 0.29) is 0 Å². The van der Waals surface area contributed by atoms with Crippen LogP contribution in [0.2, 0.25) is 0 Å². The molecule has 0 unspecified atom stereocenters. The van der Waals surface area contributed by atoms with Crippen molar-refractivity contribution >= 4 is 18.3 Å². The molecule has 1 aromatic rings. The van der Waals surface area contributed by atoms with E-state index in [0.717, 1.165) is 11.4 Å². The van der Waals surface area contributed by atoms with Crippen LogP contribution in [0.3, 0.4) is 0 Å². The third-order valence-electron chi connectivity index (χ3n) is 1.46. The highest BCUT2D eigenvalue weighted by Crippen LogP contribution is 2.15. The molecule has 0 aromatic heterocycles. The Bertz CT molecular complexity index is 187. The smallest absolute Gasteiger partial charge is 0.0378 e. The molecule has 1 nitrogen and oxygen atoms in total. The van der Waals surface area contributed by atoms with Crippen LogP contribution in [0, 0.1) is 0 Å². The fourth-order valence-electron chi connectivity index (χ4n) is 0.902. The van der Waals surface area contributed by atoms with E-state index in [4.69, 9.17) is 0 Å². The van der Waals surface area contributed by atoms with Crippen molar-refractivity contribution < 1.29 is 0 Å². The first-order valence-electron chi connectivity index (χ1n) is 3.25. The number of thiol groups is 1. The number of benzene rings is 1. The van der Waals surface area contributed by atoms with E-state index in [1.54, 1.807) is 0 Å². The molecule has 0 bridgehead atoms. The molecule has 10 heavy (non-hydrogen) atoms. The van der Waals surface area contributed by atoms with E-state index in [1.807, 2.05) is 25.2 Å². The lowest BCUT2D eigenvalue weighted by Gasteiger charge is -2.04. The van der Waals surface area contributed by atoms with Crippen molar-refractivity contribution in [1.82, 2.24) is 0 Å². The van der Waals surface area contributed by atoms with Crippen LogP contribution < -0.4 is 5.32 Å². The number of para-hydroxylation sites is 1. The molecule has 2 heteroatoms. The van der Waals surface area contributed by atoms with Crippen LogP contribution in [0.1, 0.15) is 5.56 Å². The van der Waals surface area contributed by atoms with Crippen LogP contribution in [0.25, 0.3) is 0 Å². The van der Waals surface area contributed by atoms with Crippen LogP contribution in [0.4, 0.5) is 5.69 Å². The van der Waals surface area contributed by atoms with E-state index in [9.17, 15) is 0 Å². The van der Waals surface area contributed by atoms with Crippen molar-refractivity contribution in [1.29, 1.82) is 0 Å². The van der Waals surface area contributed by atoms with Crippen LogP contribution in [-0.2, 0) is 5.75 Å². The zero-order valence-corrected chi connectivity index (χ0v) is 6.86. The van der Waals surface area contributed by atoms with Gasteiger partial charge in [-0.2, -0.15) is 12.6 Å². The highest BCUT2D eigenvalue weighted by atomic mass is 32.1. The Hall–Kier alpha value is -0.630. The molecule has 0 atom stereocenters.